The molecule has 1 aromatic carbocycles. The molecule has 1 amide bonds. The van der Waals surface area contributed by atoms with Crippen LogP contribution in [-0.4, -0.2) is 18.0 Å². The summed E-state index contributed by atoms with van der Waals surface area (Å²) in [6, 6.07) is 8.66. The predicted octanol–water partition coefficient (Wildman–Crippen LogP) is 2.54. The van der Waals surface area contributed by atoms with Crippen molar-refractivity contribution in [2.45, 2.75) is 13.8 Å². The van der Waals surface area contributed by atoms with Gasteiger partial charge in [0, 0.05) is 17.4 Å². The van der Waals surface area contributed by atoms with Crippen molar-refractivity contribution in [1.29, 1.82) is 0 Å². The maximum absolute atomic E-state index is 12.3. The Bertz CT molecular complexity index is 633. The van der Waals surface area contributed by atoms with E-state index in [4.69, 9.17) is 10.5 Å². The van der Waals surface area contributed by atoms with Gasteiger partial charge in [0.25, 0.3) is 5.91 Å². The van der Waals surface area contributed by atoms with Crippen LogP contribution in [0.4, 0.5) is 11.5 Å². The van der Waals surface area contributed by atoms with E-state index in [0.717, 1.165) is 11.3 Å². The van der Waals surface area contributed by atoms with Gasteiger partial charge in [-0.2, -0.15) is 0 Å². The summed E-state index contributed by atoms with van der Waals surface area (Å²) in [5.74, 6) is 0.678. The summed E-state index contributed by atoms with van der Waals surface area (Å²) in [6.07, 6.45) is 0. The zero-order chi connectivity index (χ0) is 14.7. The normalized spacial score (nSPS) is 10.2. The summed E-state index contributed by atoms with van der Waals surface area (Å²) < 4.78 is 5.17. The highest BCUT2D eigenvalue weighted by Crippen LogP contribution is 2.22. The van der Waals surface area contributed by atoms with E-state index in [0.29, 0.717) is 22.8 Å². The molecular formula is C15H17N3O2. The molecule has 0 fully saturated rings. The number of rotatable bonds is 3. The first-order chi connectivity index (χ1) is 9.49. The molecular weight excluding hydrogens is 254 g/mol. The monoisotopic (exact) mass is 271 g/mol. The molecule has 0 saturated heterocycles. The standard InChI is InChI=1S/C15H17N3O2/c1-9-6-10(2)17-14(7-9)18-15(19)12-5-4-11(16)8-13(12)20-3/h4-8H,16H2,1-3H3,(H,17,18,19). The van der Waals surface area contributed by atoms with Gasteiger partial charge in [0.2, 0.25) is 0 Å². The van der Waals surface area contributed by atoms with Crippen LogP contribution < -0.4 is 15.8 Å². The average molecular weight is 271 g/mol. The second-order valence-electron chi connectivity index (χ2n) is 4.58. The first kappa shape index (κ1) is 13.9. The van der Waals surface area contributed by atoms with Crippen LogP contribution in [0.15, 0.2) is 30.3 Å². The number of hydrogen-bond donors (Lipinski definition) is 2. The molecule has 5 nitrogen and oxygen atoms in total. The Balaban J connectivity index is 2.28. The van der Waals surface area contributed by atoms with E-state index in [2.05, 4.69) is 10.3 Å². The lowest BCUT2D eigenvalue weighted by Gasteiger charge is -2.10. The molecule has 2 aromatic rings. The Kier molecular flexibility index (Phi) is 3.89. The van der Waals surface area contributed by atoms with E-state index < -0.39 is 0 Å². The number of aryl methyl sites for hydroxylation is 2. The van der Waals surface area contributed by atoms with E-state index in [1.54, 1.807) is 18.2 Å². The molecule has 5 heteroatoms. The van der Waals surface area contributed by atoms with Gasteiger partial charge in [0.1, 0.15) is 11.6 Å². The van der Waals surface area contributed by atoms with E-state index in [1.807, 2.05) is 26.0 Å². The summed E-state index contributed by atoms with van der Waals surface area (Å²) in [7, 11) is 1.50. The summed E-state index contributed by atoms with van der Waals surface area (Å²) >= 11 is 0. The summed E-state index contributed by atoms with van der Waals surface area (Å²) in [4.78, 5) is 16.5. The molecule has 0 bridgehead atoms. The fourth-order valence-corrected chi connectivity index (χ4v) is 1.98. The van der Waals surface area contributed by atoms with Crippen LogP contribution in [0.5, 0.6) is 5.75 Å². The van der Waals surface area contributed by atoms with Gasteiger partial charge in [-0.1, -0.05) is 0 Å². The number of anilines is 2. The van der Waals surface area contributed by atoms with Crippen LogP contribution in [0.25, 0.3) is 0 Å². The van der Waals surface area contributed by atoms with Gasteiger partial charge in [-0.25, -0.2) is 4.98 Å². The fourth-order valence-electron chi connectivity index (χ4n) is 1.98. The third-order valence-corrected chi connectivity index (χ3v) is 2.81. The lowest BCUT2D eigenvalue weighted by molar-refractivity contribution is 0.102. The molecule has 20 heavy (non-hydrogen) atoms. The van der Waals surface area contributed by atoms with Gasteiger partial charge >= 0.3 is 0 Å². The molecule has 1 aromatic heterocycles. The minimum Gasteiger partial charge on any atom is -0.496 e. The second-order valence-corrected chi connectivity index (χ2v) is 4.58. The second kappa shape index (κ2) is 5.61. The van der Waals surface area contributed by atoms with E-state index in [-0.39, 0.29) is 5.91 Å². The third-order valence-electron chi connectivity index (χ3n) is 2.81. The first-order valence-electron chi connectivity index (χ1n) is 6.20. The van der Waals surface area contributed by atoms with Gasteiger partial charge in [-0.15, -0.1) is 0 Å². The van der Waals surface area contributed by atoms with Crippen LogP contribution in [0.1, 0.15) is 21.6 Å². The maximum Gasteiger partial charge on any atom is 0.260 e. The van der Waals surface area contributed by atoms with Crippen molar-refractivity contribution < 1.29 is 9.53 Å². The zero-order valence-corrected chi connectivity index (χ0v) is 11.7. The van der Waals surface area contributed by atoms with Crippen LogP contribution in [0, 0.1) is 13.8 Å². The molecule has 0 unspecified atom stereocenters. The van der Waals surface area contributed by atoms with E-state index >= 15 is 0 Å². The smallest absolute Gasteiger partial charge is 0.260 e. The number of amides is 1. The molecule has 0 aliphatic carbocycles. The SMILES string of the molecule is COc1cc(N)ccc1C(=O)Nc1cc(C)cc(C)n1. The topological polar surface area (TPSA) is 77.2 Å². The number of carbonyl (C=O) groups is 1. The number of hydrogen-bond acceptors (Lipinski definition) is 4. The molecule has 0 aliphatic rings. The Morgan fingerprint density at radius 1 is 1.25 bits per heavy atom. The highest BCUT2D eigenvalue weighted by molar-refractivity contribution is 6.06. The Morgan fingerprint density at radius 2 is 2.00 bits per heavy atom. The van der Waals surface area contributed by atoms with Gasteiger partial charge in [0.05, 0.1) is 12.7 Å². The van der Waals surface area contributed by atoms with Gasteiger partial charge in [-0.3, -0.25) is 4.79 Å². The van der Waals surface area contributed by atoms with E-state index in [1.165, 1.54) is 7.11 Å². The van der Waals surface area contributed by atoms with Crippen molar-refractivity contribution in [2.75, 3.05) is 18.2 Å². The molecule has 0 aliphatic heterocycles. The van der Waals surface area contributed by atoms with Gasteiger partial charge in [-0.05, 0) is 43.7 Å². The van der Waals surface area contributed by atoms with Crippen molar-refractivity contribution in [1.82, 2.24) is 4.98 Å². The number of nitrogens with zero attached hydrogens (tertiary/aromatic N) is 1. The number of nitrogen functional groups attached to an aromatic ring is 1. The number of methoxy groups -OCH3 is 1. The largest absolute Gasteiger partial charge is 0.496 e. The van der Waals surface area contributed by atoms with Gasteiger partial charge < -0.3 is 15.8 Å². The molecule has 0 spiro atoms. The number of carbonyl (C=O) groups excluding carboxylic acids is 1. The van der Waals surface area contributed by atoms with Crippen molar-refractivity contribution in [3.63, 3.8) is 0 Å². The summed E-state index contributed by atoms with van der Waals surface area (Å²) in [5.41, 5.74) is 8.53. The average Bonchev–Trinajstić information content (AvgIpc) is 2.37. The Hall–Kier alpha value is -2.56. The maximum atomic E-state index is 12.3. The van der Waals surface area contributed by atoms with Crippen molar-refractivity contribution in [3.05, 3.63) is 47.2 Å². The van der Waals surface area contributed by atoms with Crippen LogP contribution in [0.3, 0.4) is 0 Å². The third kappa shape index (κ3) is 3.06. The lowest BCUT2D eigenvalue weighted by Crippen LogP contribution is -2.14. The molecule has 0 radical (unpaired) electrons. The van der Waals surface area contributed by atoms with Crippen molar-refractivity contribution >= 4 is 17.4 Å². The number of nitrogens with one attached hydrogen (secondary N) is 1. The highest BCUT2D eigenvalue weighted by atomic mass is 16.5. The number of benzene rings is 1. The predicted molar refractivity (Wildman–Crippen MR) is 79.1 cm³/mol. The lowest BCUT2D eigenvalue weighted by atomic mass is 10.1. The quantitative estimate of drug-likeness (QED) is 0.841. The Morgan fingerprint density at radius 3 is 2.65 bits per heavy atom. The zero-order valence-electron chi connectivity index (χ0n) is 11.7. The molecule has 104 valence electrons. The molecule has 0 atom stereocenters. The van der Waals surface area contributed by atoms with Gasteiger partial charge in [0.15, 0.2) is 0 Å². The number of pyridine rings is 1. The number of nitrogens with two attached hydrogens (primary N) is 1. The molecule has 0 saturated carbocycles. The van der Waals surface area contributed by atoms with Crippen molar-refractivity contribution in [3.8, 4) is 5.75 Å². The van der Waals surface area contributed by atoms with Crippen LogP contribution in [-0.2, 0) is 0 Å². The van der Waals surface area contributed by atoms with Crippen molar-refractivity contribution in [2.24, 2.45) is 0 Å². The number of ether oxygens (including phenoxy) is 1. The minimum absolute atomic E-state index is 0.278. The highest BCUT2D eigenvalue weighted by Gasteiger charge is 2.13. The summed E-state index contributed by atoms with van der Waals surface area (Å²) in [6.45, 7) is 3.83. The summed E-state index contributed by atoms with van der Waals surface area (Å²) in [5, 5.41) is 2.76. The Labute approximate surface area is 117 Å². The van der Waals surface area contributed by atoms with Crippen LogP contribution >= 0.6 is 0 Å². The van der Waals surface area contributed by atoms with Crippen LogP contribution in [0.2, 0.25) is 0 Å². The fraction of sp³-hybridized carbons (Fsp3) is 0.200. The first-order valence-corrected chi connectivity index (χ1v) is 6.20. The number of aromatic nitrogens is 1. The molecule has 2 rings (SSSR count). The van der Waals surface area contributed by atoms with E-state index in [9.17, 15) is 4.79 Å². The molecule has 1 heterocycles. The molecule has 3 N–H and O–H groups in total. The minimum atomic E-state index is -0.278.